The first kappa shape index (κ1) is 25.6. The molecule has 0 saturated heterocycles. The molecule has 5 aromatic rings. The van der Waals surface area contributed by atoms with Gasteiger partial charge in [-0.1, -0.05) is 35.9 Å². The van der Waals surface area contributed by atoms with Crippen LogP contribution in [0.1, 0.15) is 22.8 Å². The van der Waals surface area contributed by atoms with E-state index in [0.29, 0.717) is 16.8 Å². The van der Waals surface area contributed by atoms with Gasteiger partial charge in [-0.2, -0.15) is 18.3 Å². The topological polar surface area (TPSA) is 62.3 Å². The molecule has 40 heavy (non-hydrogen) atoms. The van der Waals surface area contributed by atoms with Gasteiger partial charge < -0.3 is 13.9 Å². The molecular weight excluding hydrogens is 533 g/mol. The summed E-state index contributed by atoms with van der Waals surface area (Å²) in [4.78, 5) is 4.48. The second kappa shape index (κ2) is 8.94. The van der Waals surface area contributed by atoms with Crippen LogP contribution in [-0.2, 0) is 6.18 Å². The van der Waals surface area contributed by atoms with E-state index in [9.17, 15) is 22.0 Å². The summed E-state index contributed by atoms with van der Waals surface area (Å²) in [5.41, 5.74) is 3.26. The maximum absolute atomic E-state index is 13.6. The van der Waals surface area contributed by atoms with Crippen molar-refractivity contribution in [1.29, 1.82) is 0 Å². The molecule has 204 valence electrons. The number of nitrogens with zero attached hydrogens (tertiary/aromatic N) is 3. The zero-order valence-corrected chi connectivity index (χ0v) is 21.3. The Balaban J connectivity index is 1.57. The molecule has 0 amide bonds. The smallest absolute Gasteiger partial charge is 0.440 e. The summed E-state index contributed by atoms with van der Waals surface area (Å²) >= 11 is 0. The van der Waals surface area contributed by atoms with Gasteiger partial charge in [-0.05, 0) is 61.4 Å². The average molecular weight is 553 g/mol. The Bertz CT molecular complexity index is 1770. The first-order chi connectivity index (χ1) is 18.9. The molecule has 0 radical (unpaired) electrons. The predicted octanol–water partition coefficient (Wildman–Crippen LogP) is 8.13. The summed E-state index contributed by atoms with van der Waals surface area (Å²) in [7, 11) is 0. The van der Waals surface area contributed by atoms with Crippen LogP contribution < -0.4 is 9.47 Å². The molecule has 0 spiro atoms. The molecule has 3 heterocycles. The fourth-order valence-corrected chi connectivity index (χ4v) is 4.67. The molecule has 2 aromatic heterocycles. The van der Waals surface area contributed by atoms with Gasteiger partial charge in [-0.25, -0.2) is 9.67 Å². The summed E-state index contributed by atoms with van der Waals surface area (Å²) in [6.07, 6.45) is -8.44. The Labute approximate surface area is 224 Å². The van der Waals surface area contributed by atoms with E-state index in [-0.39, 0.29) is 34.5 Å². The van der Waals surface area contributed by atoms with E-state index in [1.165, 1.54) is 29.8 Å². The van der Waals surface area contributed by atoms with Gasteiger partial charge in [-0.15, -0.1) is 8.78 Å². The Hall–Kier alpha value is -4.67. The molecule has 0 fully saturated rings. The number of halogens is 5. The van der Waals surface area contributed by atoms with Crippen LogP contribution in [0, 0.1) is 20.8 Å². The molecule has 11 heteroatoms. The van der Waals surface area contributed by atoms with Crippen LogP contribution in [0.15, 0.2) is 71.1 Å². The van der Waals surface area contributed by atoms with Gasteiger partial charge in [0.05, 0.1) is 5.69 Å². The van der Waals surface area contributed by atoms with Gasteiger partial charge in [0.2, 0.25) is 0 Å². The molecule has 1 aliphatic rings. The van der Waals surface area contributed by atoms with Crippen LogP contribution in [0.4, 0.5) is 22.0 Å². The van der Waals surface area contributed by atoms with Crippen molar-refractivity contribution in [3.63, 3.8) is 0 Å². The normalized spacial score (nSPS) is 14.1. The van der Waals surface area contributed by atoms with Crippen molar-refractivity contribution in [3.8, 4) is 50.9 Å². The van der Waals surface area contributed by atoms with E-state index in [2.05, 4.69) is 19.6 Å². The summed E-state index contributed by atoms with van der Waals surface area (Å²) in [6, 6.07) is 18.1. The lowest BCUT2D eigenvalue weighted by atomic mass is 9.97. The SMILES string of the molecule is Cc1cccc(-c2ccc(-n3nc(C(F)(F)F)cc3C)c(-c3oc(C)nc3-c3ccc4c(c3)OC(F)(F)O4)c2)c1. The van der Waals surface area contributed by atoms with Crippen LogP contribution >= 0.6 is 0 Å². The van der Waals surface area contributed by atoms with E-state index >= 15 is 0 Å². The molecule has 0 N–H and O–H groups in total. The molecule has 1 aliphatic heterocycles. The molecule has 0 aliphatic carbocycles. The van der Waals surface area contributed by atoms with Gasteiger partial charge in [0.1, 0.15) is 5.69 Å². The molecule has 0 saturated carbocycles. The highest BCUT2D eigenvalue weighted by atomic mass is 19.4. The molecule has 0 unspecified atom stereocenters. The third-order valence-corrected chi connectivity index (χ3v) is 6.41. The number of benzene rings is 3. The van der Waals surface area contributed by atoms with Crippen molar-refractivity contribution in [3.05, 3.63) is 89.6 Å². The minimum Gasteiger partial charge on any atom is -0.440 e. The average Bonchev–Trinajstić information content (AvgIpc) is 3.56. The maximum Gasteiger partial charge on any atom is 0.586 e. The fourth-order valence-electron chi connectivity index (χ4n) is 4.67. The van der Waals surface area contributed by atoms with E-state index in [4.69, 9.17) is 4.42 Å². The van der Waals surface area contributed by atoms with Crippen LogP contribution in [0.5, 0.6) is 11.5 Å². The lowest BCUT2D eigenvalue weighted by molar-refractivity contribution is -0.286. The minimum atomic E-state index is -4.64. The monoisotopic (exact) mass is 553 g/mol. The number of rotatable bonds is 4. The Morgan fingerprint density at radius 1 is 0.800 bits per heavy atom. The number of fused-ring (bicyclic) bond motifs is 1. The number of hydrogen-bond acceptors (Lipinski definition) is 5. The Morgan fingerprint density at radius 3 is 2.25 bits per heavy atom. The molecule has 3 aromatic carbocycles. The molecule has 6 nitrogen and oxygen atoms in total. The third-order valence-electron chi connectivity index (χ3n) is 6.41. The fraction of sp³-hybridized carbons (Fsp3) is 0.172. The maximum atomic E-state index is 13.6. The molecular formula is C29H20F5N3O3. The minimum absolute atomic E-state index is 0.135. The van der Waals surface area contributed by atoms with E-state index in [1.807, 2.05) is 31.2 Å². The molecule has 0 bridgehead atoms. The number of ether oxygens (including phenoxy) is 2. The van der Waals surface area contributed by atoms with Gasteiger partial charge in [0.25, 0.3) is 0 Å². The van der Waals surface area contributed by atoms with E-state index in [1.54, 1.807) is 25.1 Å². The van der Waals surface area contributed by atoms with Crippen LogP contribution in [0.25, 0.3) is 39.4 Å². The van der Waals surface area contributed by atoms with Crippen LogP contribution in [0.3, 0.4) is 0 Å². The van der Waals surface area contributed by atoms with Crippen LogP contribution in [0.2, 0.25) is 0 Å². The highest BCUT2D eigenvalue weighted by Crippen LogP contribution is 2.45. The largest absolute Gasteiger partial charge is 0.586 e. The van der Waals surface area contributed by atoms with Crippen molar-refractivity contribution in [1.82, 2.24) is 14.8 Å². The highest BCUT2D eigenvalue weighted by molar-refractivity contribution is 5.85. The van der Waals surface area contributed by atoms with Crippen molar-refractivity contribution in [2.24, 2.45) is 0 Å². The number of aromatic nitrogens is 3. The van der Waals surface area contributed by atoms with Gasteiger partial charge >= 0.3 is 12.5 Å². The van der Waals surface area contributed by atoms with Crippen molar-refractivity contribution in [2.45, 2.75) is 33.2 Å². The Morgan fingerprint density at radius 2 is 1.52 bits per heavy atom. The number of hydrogen-bond donors (Lipinski definition) is 0. The van der Waals surface area contributed by atoms with Gasteiger partial charge in [-0.3, -0.25) is 0 Å². The predicted molar refractivity (Wildman–Crippen MR) is 135 cm³/mol. The second-order valence-electron chi connectivity index (χ2n) is 9.42. The zero-order valence-electron chi connectivity index (χ0n) is 21.3. The Kier molecular flexibility index (Phi) is 5.72. The first-order valence-electron chi connectivity index (χ1n) is 12.1. The first-order valence-corrected chi connectivity index (χ1v) is 12.1. The number of aryl methyl sites for hydroxylation is 3. The summed E-state index contributed by atoms with van der Waals surface area (Å²) in [5, 5.41) is 3.84. The second-order valence-corrected chi connectivity index (χ2v) is 9.42. The van der Waals surface area contributed by atoms with Gasteiger partial charge in [0, 0.05) is 23.7 Å². The van der Waals surface area contributed by atoms with Crippen molar-refractivity contribution < 1.29 is 35.8 Å². The molecule has 0 atom stereocenters. The standard InChI is InChI=1S/C29H20F5N3O3/c1-15-5-4-6-18(11-15)19-7-9-22(37-16(2)12-25(36-37)28(30,31)32)21(13-19)27-26(35-17(3)38-27)20-8-10-23-24(14-20)40-29(33,34)39-23/h4-14H,1-3H3. The number of oxazole rings is 1. The van der Waals surface area contributed by atoms with E-state index in [0.717, 1.165) is 22.8 Å². The van der Waals surface area contributed by atoms with E-state index < -0.39 is 18.2 Å². The third kappa shape index (κ3) is 4.57. The highest BCUT2D eigenvalue weighted by Gasteiger charge is 2.43. The van der Waals surface area contributed by atoms with Crippen molar-refractivity contribution >= 4 is 0 Å². The lowest BCUT2D eigenvalue weighted by Crippen LogP contribution is -2.25. The number of alkyl halides is 5. The zero-order chi connectivity index (χ0) is 28.4. The summed E-state index contributed by atoms with van der Waals surface area (Å²) < 4.78 is 84.2. The summed E-state index contributed by atoms with van der Waals surface area (Å²) in [6.45, 7) is 5.08. The lowest BCUT2D eigenvalue weighted by Gasteiger charge is -2.14. The van der Waals surface area contributed by atoms with Gasteiger partial charge in [0.15, 0.2) is 28.8 Å². The quantitative estimate of drug-likeness (QED) is 0.210. The molecule has 6 rings (SSSR count). The van der Waals surface area contributed by atoms with Crippen LogP contribution in [-0.4, -0.2) is 21.1 Å². The summed E-state index contributed by atoms with van der Waals surface area (Å²) in [5.74, 6) is 0.161. The van der Waals surface area contributed by atoms with Crippen molar-refractivity contribution in [2.75, 3.05) is 0 Å².